The average Bonchev–Trinajstić information content (AvgIpc) is 2.60. The number of carbonyl (C=O) groups is 3. The number of carboxylic acid groups (broad SMARTS) is 2. The third-order valence-corrected chi connectivity index (χ3v) is 3.33. The molecular weight excluding hydrogens is 340 g/mol. The maximum Gasteiger partial charge on any atom is 0.414 e. The van der Waals surface area contributed by atoms with Crippen molar-refractivity contribution in [3.8, 4) is 0 Å². The van der Waals surface area contributed by atoms with Crippen molar-refractivity contribution >= 4 is 17.8 Å². The molecule has 1 aromatic carbocycles. The average molecular weight is 368 g/mol. The predicted molar refractivity (Wildman–Crippen MR) is 97.0 cm³/mol. The summed E-state index contributed by atoms with van der Waals surface area (Å²) in [7, 11) is 1.66. The fraction of sp³-hybridized carbons (Fsp3) is 0.500. The second-order valence-electron chi connectivity index (χ2n) is 5.84. The van der Waals surface area contributed by atoms with Crippen molar-refractivity contribution in [1.29, 1.82) is 0 Å². The number of amides is 1. The molecule has 146 valence electrons. The number of aryl methyl sites for hydroxylation is 1. The molecule has 0 heterocycles. The van der Waals surface area contributed by atoms with Gasteiger partial charge in [-0.05, 0) is 32.3 Å². The third-order valence-electron chi connectivity index (χ3n) is 3.33. The first-order chi connectivity index (χ1) is 12.3. The van der Waals surface area contributed by atoms with Crippen molar-refractivity contribution < 1.29 is 29.3 Å². The van der Waals surface area contributed by atoms with Crippen LogP contribution in [-0.4, -0.2) is 60.4 Å². The molecule has 1 rings (SSSR count). The molecule has 4 N–H and O–H groups in total. The minimum absolute atomic E-state index is 0.0357. The number of ether oxygens (including phenoxy) is 1. The lowest BCUT2D eigenvalue weighted by Crippen LogP contribution is -2.42. The summed E-state index contributed by atoms with van der Waals surface area (Å²) in [5.74, 6) is -3.61. The number of nitrogens with one attached hydrogen (secondary N) is 2. The first-order valence-electron chi connectivity index (χ1n) is 8.28. The van der Waals surface area contributed by atoms with Crippen LogP contribution < -0.4 is 10.6 Å². The number of carboxylic acids is 2. The highest BCUT2D eigenvalue weighted by Gasteiger charge is 2.09. The van der Waals surface area contributed by atoms with E-state index in [1.165, 1.54) is 5.56 Å². The van der Waals surface area contributed by atoms with Crippen LogP contribution in [0.1, 0.15) is 25.8 Å². The van der Waals surface area contributed by atoms with Crippen molar-refractivity contribution in [3.05, 3.63) is 35.9 Å². The SMILES string of the molecule is COCC(C)NCC(=O)NC(C)CCc1ccccc1.O=C(O)C(=O)O. The molecule has 2 unspecified atom stereocenters. The van der Waals surface area contributed by atoms with Crippen molar-refractivity contribution in [1.82, 2.24) is 10.6 Å². The molecule has 0 aromatic heterocycles. The normalized spacial score (nSPS) is 12.3. The number of carbonyl (C=O) groups excluding carboxylic acids is 1. The summed E-state index contributed by atoms with van der Waals surface area (Å²) in [5, 5.41) is 20.9. The monoisotopic (exact) mass is 368 g/mol. The molecule has 1 amide bonds. The molecule has 2 atom stereocenters. The lowest BCUT2D eigenvalue weighted by molar-refractivity contribution is -0.159. The number of aliphatic carboxylic acids is 2. The summed E-state index contributed by atoms with van der Waals surface area (Å²) in [6, 6.07) is 10.7. The highest BCUT2D eigenvalue weighted by molar-refractivity contribution is 6.27. The zero-order valence-electron chi connectivity index (χ0n) is 15.4. The van der Waals surface area contributed by atoms with Crippen LogP contribution in [-0.2, 0) is 25.5 Å². The zero-order chi connectivity index (χ0) is 19.9. The van der Waals surface area contributed by atoms with Gasteiger partial charge < -0.3 is 25.6 Å². The Morgan fingerprint density at radius 2 is 1.62 bits per heavy atom. The second kappa shape index (κ2) is 13.8. The summed E-state index contributed by atoms with van der Waals surface area (Å²) in [5.41, 5.74) is 1.31. The second-order valence-corrected chi connectivity index (χ2v) is 5.84. The molecule has 8 nitrogen and oxygen atoms in total. The topological polar surface area (TPSA) is 125 Å². The minimum atomic E-state index is -1.82. The van der Waals surface area contributed by atoms with Gasteiger partial charge in [0.05, 0.1) is 13.2 Å². The molecule has 0 saturated heterocycles. The van der Waals surface area contributed by atoms with Gasteiger partial charge in [0.2, 0.25) is 5.91 Å². The van der Waals surface area contributed by atoms with E-state index in [2.05, 4.69) is 22.8 Å². The van der Waals surface area contributed by atoms with E-state index in [4.69, 9.17) is 24.5 Å². The van der Waals surface area contributed by atoms with E-state index in [0.717, 1.165) is 12.8 Å². The molecule has 0 aliphatic rings. The molecule has 0 aliphatic heterocycles. The maximum absolute atomic E-state index is 11.8. The minimum Gasteiger partial charge on any atom is -0.473 e. The standard InChI is InChI=1S/C16H26N2O2.C2H2O4/c1-13(9-10-15-7-5-4-6-8-15)18-16(19)11-17-14(2)12-20-3;3-1(4)2(5)6/h4-8,13-14,17H,9-12H2,1-3H3,(H,18,19);(H,3,4)(H,5,6). The van der Waals surface area contributed by atoms with Crippen molar-refractivity contribution in [2.24, 2.45) is 0 Å². The Bertz CT molecular complexity index is 538. The van der Waals surface area contributed by atoms with Crippen LogP contribution in [0.15, 0.2) is 30.3 Å². The van der Waals surface area contributed by atoms with E-state index in [1.54, 1.807) is 7.11 Å². The van der Waals surface area contributed by atoms with Crippen LogP contribution in [0, 0.1) is 0 Å². The largest absolute Gasteiger partial charge is 0.473 e. The van der Waals surface area contributed by atoms with E-state index >= 15 is 0 Å². The van der Waals surface area contributed by atoms with Gasteiger partial charge in [-0.25, -0.2) is 9.59 Å². The van der Waals surface area contributed by atoms with Crippen molar-refractivity contribution in [2.75, 3.05) is 20.3 Å². The molecular formula is C18H28N2O6. The molecule has 0 fully saturated rings. The van der Waals surface area contributed by atoms with Crippen molar-refractivity contribution in [2.45, 2.75) is 38.8 Å². The van der Waals surface area contributed by atoms with Gasteiger partial charge in [-0.1, -0.05) is 30.3 Å². The summed E-state index contributed by atoms with van der Waals surface area (Å²) in [4.78, 5) is 30.0. The lowest BCUT2D eigenvalue weighted by atomic mass is 10.1. The number of rotatable bonds is 9. The van der Waals surface area contributed by atoms with Crippen LogP contribution in [0.4, 0.5) is 0 Å². The molecule has 26 heavy (non-hydrogen) atoms. The highest BCUT2D eigenvalue weighted by Crippen LogP contribution is 2.04. The van der Waals surface area contributed by atoms with Crippen molar-refractivity contribution in [3.63, 3.8) is 0 Å². The summed E-state index contributed by atoms with van der Waals surface area (Å²) in [6.45, 7) is 4.98. The number of hydrogen-bond donors (Lipinski definition) is 4. The number of hydrogen-bond acceptors (Lipinski definition) is 5. The zero-order valence-corrected chi connectivity index (χ0v) is 15.4. The van der Waals surface area contributed by atoms with Crippen LogP contribution in [0.3, 0.4) is 0 Å². The van der Waals surface area contributed by atoms with Gasteiger partial charge in [-0.15, -0.1) is 0 Å². The van der Waals surface area contributed by atoms with Gasteiger partial charge >= 0.3 is 11.9 Å². The van der Waals surface area contributed by atoms with E-state index in [1.807, 2.05) is 32.0 Å². The van der Waals surface area contributed by atoms with E-state index in [-0.39, 0.29) is 18.0 Å². The van der Waals surface area contributed by atoms with E-state index < -0.39 is 11.9 Å². The highest BCUT2D eigenvalue weighted by atomic mass is 16.5. The number of methoxy groups -OCH3 is 1. The summed E-state index contributed by atoms with van der Waals surface area (Å²) >= 11 is 0. The Kier molecular flexibility index (Phi) is 12.5. The number of benzene rings is 1. The van der Waals surface area contributed by atoms with Gasteiger partial charge in [0, 0.05) is 19.2 Å². The van der Waals surface area contributed by atoms with Crippen LogP contribution >= 0.6 is 0 Å². The Morgan fingerprint density at radius 3 is 2.12 bits per heavy atom. The van der Waals surface area contributed by atoms with E-state index in [9.17, 15) is 4.79 Å². The summed E-state index contributed by atoms with van der Waals surface area (Å²) in [6.07, 6.45) is 1.93. The smallest absolute Gasteiger partial charge is 0.414 e. The summed E-state index contributed by atoms with van der Waals surface area (Å²) < 4.78 is 5.01. The molecule has 0 aliphatic carbocycles. The Morgan fingerprint density at radius 1 is 1.04 bits per heavy atom. The predicted octanol–water partition coefficient (Wildman–Crippen LogP) is 0.904. The molecule has 0 bridgehead atoms. The van der Waals surface area contributed by atoms with Gasteiger partial charge in [-0.2, -0.15) is 0 Å². The molecule has 1 aromatic rings. The Hall–Kier alpha value is -2.45. The van der Waals surface area contributed by atoms with Gasteiger partial charge in [0.15, 0.2) is 0 Å². The maximum atomic E-state index is 11.8. The first kappa shape index (κ1) is 23.5. The van der Waals surface area contributed by atoms with Gasteiger partial charge in [0.1, 0.15) is 0 Å². The Balaban J connectivity index is 0.000000896. The molecule has 8 heteroatoms. The fourth-order valence-corrected chi connectivity index (χ4v) is 2.00. The molecule has 0 radical (unpaired) electrons. The van der Waals surface area contributed by atoms with Gasteiger partial charge in [-0.3, -0.25) is 4.79 Å². The van der Waals surface area contributed by atoms with Crippen LogP contribution in [0.2, 0.25) is 0 Å². The molecule has 0 saturated carbocycles. The quantitative estimate of drug-likeness (QED) is 0.477. The lowest BCUT2D eigenvalue weighted by Gasteiger charge is -2.16. The molecule has 0 spiro atoms. The fourth-order valence-electron chi connectivity index (χ4n) is 2.00. The van der Waals surface area contributed by atoms with E-state index in [0.29, 0.717) is 13.2 Å². The van der Waals surface area contributed by atoms with Crippen LogP contribution in [0.5, 0.6) is 0 Å². The first-order valence-corrected chi connectivity index (χ1v) is 8.28. The Labute approximate surface area is 153 Å². The van der Waals surface area contributed by atoms with Crippen LogP contribution in [0.25, 0.3) is 0 Å². The van der Waals surface area contributed by atoms with Gasteiger partial charge in [0.25, 0.3) is 0 Å². The third kappa shape index (κ3) is 12.9.